The van der Waals surface area contributed by atoms with E-state index in [2.05, 4.69) is 10.6 Å². The van der Waals surface area contributed by atoms with Crippen LogP contribution in [0.1, 0.15) is 0 Å². The van der Waals surface area contributed by atoms with Gasteiger partial charge in [0, 0.05) is 0 Å². The molecule has 1 aliphatic heterocycles. The van der Waals surface area contributed by atoms with E-state index in [1.165, 1.54) is 0 Å². The van der Waals surface area contributed by atoms with Crippen LogP contribution in [-0.4, -0.2) is 37.7 Å². The SMILES string of the molecule is NC(=O)NCC(=O)NCC1COc2ccccc2O1. The molecule has 0 fully saturated rings. The summed E-state index contributed by atoms with van der Waals surface area (Å²) in [5.74, 6) is 1.02. The Bertz CT molecular complexity index is 478. The van der Waals surface area contributed by atoms with Crippen LogP contribution in [0, 0.1) is 0 Å². The lowest BCUT2D eigenvalue weighted by atomic mass is 10.2. The Labute approximate surface area is 110 Å². The molecule has 1 atom stereocenters. The molecule has 1 unspecified atom stereocenters. The van der Waals surface area contributed by atoms with E-state index in [1.807, 2.05) is 18.2 Å². The van der Waals surface area contributed by atoms with Crippen molar-refractivity contribution >= 4 is 11.9 Å². The number of hydrogen-bond donors (Lipinski definition) is 3. The van der Waals surface area contributed by atoms with Gasteiger partial charge in [-0.1, -0.05) is 12.1 Å². The fourth-order valence-corrected chi connectivity index (χ4v) is 1.62. The number of benzene rings is 1. The summed E-state index contributed by atoms with van der Waals surface area (Å²) in [6.07, 6.45) is -0.257. The minimum atomic E-state index is -0.735. The third-order valence-electron chi connectivity index (χ3n) is 2.52. The Morgan fingerprint density at radius 2 is 2.00 bits per heavy atom. The Balaban J connectivity index is 1.76. The third-order valence-corrected chi connectivity index (χ3v) is 2.52. The van der Waals surface area contributed by atoms with Gasteiger partial charge in [-0.25, -0.2) is 4.79 Å². The van der Waals surface area contributed by atoms with Crippen LogP contribution in [0.3, 0.4) is 0 Å². The number of nitrogens with one attached hydrogen (secondary N) is 2. The van der Waals surface area contributed by atoms with Gasteiger partial charge in [-0.3, -0.25) is 4.79 Å². The minimum absolute atomic E-state index is 0.153. The van der Waals surface area contributed by atoms with Crippen molar-refractivity contribution in [3.8, 4) is 11.5 Å². The molecule has 3 amide bonds. The van der Waals surface area contributed by atoms with Crippen LogP contribution in [0.15, 0.2) is 24.3 Å². The molecule has 2 rings (SSSR count). The van der Waals surface area contributed by atoms with Crippen molar-refractivity contribution in [2.45, 2.75) is 6.10 Å². The number of rotatable bonds is 4. The molecular formula is C12H15N3O4. The lowest BCUT2D eigenvalue weighted by Crippen LogP contribution is -2.45. The van der Waals surface area contributed by atoms with Crippen molar-refractivity contribution in [3.05, 3.63) is 24.3 Å². The Morgan fingerprint density at radius 1 is 1.26 bits per heavy atom. The van der Waals surface area contributed by atoms with Crippen molar-refractivity contribution in [2.75, 3.05) is 19.7 Å². The van der Waals surface area contributed by atoms with Gasteiger partial charge >= 0.3 is 6.03 Å². The fourth-order valence-electron chi connectivity index (χ4n) is 1.62. The molecule has 1 heterocycles. The van der Waals surface area contributed by atoms with Crippen molar-refractivity contribution in [1.29, 1.82) is 0 Å². The average molecular weight is 265 g/mol. The van der Waals surface area contributed by atoms with Gasteiger partial charge in [0.05, 0.1) is 13.1 Å². The monoisotopic (exact) mass is 265 g/mol. The summed E-state index contributed by atoms with van der Waals surface area (Å²) in [6.45, 7) is 0.508. The molecule has 19 heavy (non-hydrogen) atoms. The van der Waals surface area contributed by atoms with Crippen LogP contribution >= 0.6 is 0 Å². The average Bonchev–Trinajstić information content (AvgIpc) is 2.42. The van der Waals surface area contributed by atoms with Crippen molar-refractivity contribution in [3.63, 3.8) is 0 Å². The number of carbonyl (C=O) groups excluding carboxylic acids is 2. The van der Waals surface area contributed by atoms with Gasteiger partial charge in [-0.2, -0.15) is 0 Å². The molecule has 1 aliphatic rings. The molecule has 1 aromatic carbocycles. The summed E-state index contributed by atoms with van der Waals surface area (Å²) in [5, 5.41) is 4.83. The summed E-state index contributed by atoms with van der Waals surface area (Å²) in [7, 11) is 0. The van der Waals surface area contributed by atoms with Gasteiger partial charge in [0.2, 0.25) is 5.91 Å². The molecule has 0 spiro atoms. The number of para-hydroxylation sites is 2. The van der Waals surface area contributed by atoms with Crippen molar-refractivity contribution < 1.29 is 19.1 Å². The van der Waals surface area contributed by atoms with Crippen molar-refractivity contribution in [2.24, 2.45) is 5.73 Å². The Morgan fingerprint density at radius 3 is 2.74 bits per heavy atom. The predicted molar refractivity (Wildman–Crippen MR) is 66.9 cm³/mol. The molecule has 0 radical (unpaired) electrons. The molecule has 0 saturated heterocycles. The highest BCUT2D eigenvalue weighted by atomic mass is 16.6. The number of fused-ring (bicyclic) bond motifs is 1. The van der Waals surface area contributed by atoms with Crippen LogP contribution in [0.5, 0.6) is 11.5 Å². The van der Waals surface area contributed by atoms with E-state index >= 15 is 0 Å². The predicted octanol–water partition coefficient (Wildman–Crippen LogP) is -0.389. The molecule has 0 bridgehead atoms. The topological polar surface area (TPSA) is 103 Å². The van der Waals surface area contributed by atoms with Gasteiger partial charge in [0.1, 0.15) is 12.7 Å². The van der Waals surface area contributed by atoms with E-state index in [0.717, 1.165) is 0 Å². The Hall–Kier alpha value is -2.44. The molecule has 0 aromatic heterocycles. The zero-order valence-corrected chi connectivity index (χ0v) is 10.2. The minimum Gasteiger partial charge on any atom is -0.486 e. The summed E-state index contributed by atoms with van der Waals surface area (Å²) in [5.41, 5.74) is 4.86. The first kappa shape index (κ1) is 13.0. The molecule has 7 nitrogen and oxygen atoms in total. The second kappa shape index (κ2) is 5.94. The van der Waals surface area contributed by atoms with E-state index in [9.17, 15) is 9.59 Å². The van der Waals surface area contributed by atoms with Gasteiger partial charge in [-0.15, -0.1) is 0 Å². The van der Waals surface area contributed by atoms with E-state index in [1.54, 1.807) is 6.07 Å². The third kappa shape index (κ3) is 3.77. The van der Waals surface area contributed by atoms with E-state index in [0.29, 0.717) is 24.7 Å². The maximum absolute atomic E-state index is 11.4. The second-order valence-corrected chi connectivity index (χ2v) is 4.02. The highest BCUT2D eigenvalue weighted by Gasteiger charge is 2.20. The summed E-state index contributed by atoms with van der Waals surface area (Å²) < 4.78 is 11.2. The van der Waals surface area contributed by atoms with E-state index < -0.39 is 6.03 Å². The quantitative estimate of drug-likeness (QED) is 0.690. The normalized spacial score (nSPS) is 16.5. The van der Waals surface area contributed by atoms with Gasteiger partial charge in [0.25, 0.3) is 0 Å². The van der Waals surface area contributed by atoms with Gasteiger partial charge in [-0.05, 0) is 12.1 Å². The molecular weight excluding hydrogens is 250 g/mol. The largest absolute Gasteiger partial charge is 0.486 e. The van der Waals surface area contributed by atoms with Crippen LogP contribution in [0.2, 0.25) is 0 Å². The van der Waals surface area contributed by atoms with Crippen molar-refractivity contribution in [1.82, 2.24) is 10.6 Å². The summed E-state index contributed by atoms with van der Waals surface area (Å²) >= 11 is 0. The number of hydrogen-bond acceptors (Lipinski definition) is 4. The maximum Gasteiger partial charge on any atom is 0.312 e. The zero-order valence-electron chi connectivity index (χ0n) is 10.2. The first-order valence-electron chi connectivity index (χ1n) is 5.83. The number of carbonyl (C=O) groups is 2. The number of nitrogens with two attached hydrogens (primary N) is 1. The summed E-state index contributed by atoms with van der Waals surface area (Å²) in [4.78, 5) is 21.8. The molecule has 0 aliphatic carbocycles. The van der Waals surface area contributed by atoms with Gasteiger partial charge in [0.15, 0.2) is 11.5 Å². The zero-order chi connectivity index (χ0) is 13.7. The highest BCUT2D eigenvalue weighted by molar-refractivity contribution is 5.83. The van der Waals surface area contributed by atoms with Crippen LogP contribution < -0.4 is 25.8 Å². The molecule has 1 aromatic rings. The molecule has 0 saturated carbocycles. The maximum atomic E-state index is 11.4. The van der Waals surface area contributed by atoms with Gasteiger partial charge < -0.3 is 25.8 Å². The molecule has 102 valence electrons. The smallest absolute Gasteiger partial charge is 0.312 e. The second-order valence-electron chi connectivity index (χ2n) is 4.02. The number of urea groups is 1. The van der Waals surface area contributed by atoms with E-state index in [-0.39, 0.29) is 18.6 Å². The fraction of sp³-hybridized carbons (Fsp3) is 0.333. The van der Waals surface area contributed by atoms with Crippen LogP contribution in [-0.2, 0) is 4.79 Å². The lowest BCUT2D eigenvalue weighted by molar-refractivity contribution is -0.120. The molecule has 4 N–H and O–H groups in total. The highest BCUT2D eigenvalue weighted by Crippen LogP contribution is 2.30. The Kier molecular flexibility index (Phi) is 4.07. The summed E-state index contributed by atoms with van der Waals surface area (Å²) in [6, 6.07) is 6.60. The number of amides is 3. The van der Waals surface area contributed by atoms with Crippen LogP contribution in [0.25, 0.3) is 0 Å². The molecule has 7 heteroatoms. The number of primary amides is 1. The number of ether oxygens (including phenoxy) is 2. The first-order valence-corrected chi connectivity index (χ1v) is 5.83. The standard InChI is InChI=1S/C12H15N3O4/c13-12(17)15-6-11(16)14-5-8-7-18-9-3-1-2-4-10(9)19-8/h1-4,8H,5-7H2,(H,14,16)(H3,13,15,17). The van der Waals surface area contributed by atoms with Crippen LogP contribution in [0.4, 0.5) is 4.79 Å². The lowest BCUT2D eigenvalue weighted by Gasteiger charge is -2.26. The first-order chi connectivity index (χ1) is 9.15. The van der Waals surface area contributed by atoms with E-state index in [4.69, 9.17) is 15.2 Å².